The lowest BCUT2D eigenvalue weighted by molar-refractivity contribution is -0.382. The van der Waals surface area contributed by atoms with Crippen molar-refractivity contribution in [1.82, 2.24) is 0 Å². The summed E-state index contributed by atoms with van der Waals surface area (Å²) in [5.41, 5.74) is -0.657. The van der Waals surface area contributed by atoms with Gasteiger partial charge >= 0.3 is 0 Å². The van der Waals surface area contributed by atoms with Gasteiger partial charge in [0.25, 0.3) is 0 Å². The molecule has 0 bridgehead atoms. The van der Waals surface area contributed by atoms with E-state index < -0.39 is 109 Å². The van der Waals surface area contributed by atoms with Crippen LogP contribution in [0.5, 0.6) is 0 Å². The Balaban J connectivity index is 1.37. The van der Waals surface area contributed by atoms with Gasteiger partial charge in [-0.05, 0) is 117 Å². The fraction of sp³-hybridized carbons (Fsp3) is 0.951. The second-order valence-corrected chi connectivity index (χ2v) is 19.6. The van der Waals surface area contributed by atoms with E-state index in [1.54, 1.807) is 0 Å². The lowest BCUT2D eigenvalue weighted by atomic mass is 9.34. The first-order valence-corrected chi connectivity index (χ1v) is 20.4. The van der Waals surface area contributed by atoms with Crippen molar-refractivity contribution in [2.45, 2.75) is 193 Å². The van der Waals surface area contributed by atoms with Crippen LogP contribution >= 0.6 is 0 Å². The molecule has 2 saturated heterocycles. The van der Waals surface area contributed by atoms with Gasteiger partial charge in [0.2, 0.25) is 0 Å². The van der Waals surface area contributed by atoms with E-state index in [4.69, 9.17) is 18.9 Å². The van der Waals surface area contributed by atoms with Crippen molar-refractivity contribution in [2.75, 3.05) is 6.61 Å². The van der Waals surface area contributed by atoms with Crippen LogP contribution in [0.4, 0.5) is 0 Å². The van der Waals surface area contributed by atoms with E-state index in [1.165, 1.54) is 12.5 Å². The van der Waals surface area contributed by atoms with Crippen LogP contribution in [0.3, 0.4) is 0 Å². The second-order valence-electron chi connectivity index (χ2n) is 19.6. The molecule has 0 radical (unpaired) electrons. The van der Waals surface area contributed by atoms with Gasteiger partial charge in [-0.15, -0.1) is 0 Å². The summed E-state index contributed by atoms with van der Waals surface area (Å²) in [7, 11) is 0. The number of aliphatic hydroxyl groups is 9. The molecule has 0 unspecified atom stereocenters. The molecule has 0 spiro atoms. The van der Waals surface area contributed by atoms with Crippen LogP contribution < -0.4 is 0 Å². The summed E-state index contributed by atoms with van der Waals surface area (Å²) in [6, 6.07) is 0. The first kappa shape index (κ1) is 42.8. The minimum absolute atomic E-state index is 0.0524. The van der Waals surface area contributed by atoms with Crippen LogP contribution in [0.15, 0.2) is 11.6 Å². The molecule has 2 heterocycles. The Labute approximate surface area is 320 Å². The van der Waals surface area contributed by atoms with Crippen LogP contribution in [0.1, 0.15) is 107 Å². The largest absolute Gasteiger partial charge is 0.394 e. The highest BCUT2D eigenvalue weighted by Crippen LogP contribution is 2.75. The van der Waals surface area contributed by atoms with Gasteiger partial charge in [-0.25, -0.2) is 0 Å². The van der Waals surface area contributed by atoms with E-state index >= 15 is 0 Å². The van der Waals surface area contributed by atoms with Crippen molar-refractivity contribution in [3.63, 3.8) is 0 Å². The van der Waals surface area contributed by atoms with Crippen LogP contribution in [-0.4, -0.2) is 138 Å². The zero-order valence-corrected chi connectivity index (χ0v) is 33.5. The molecule has 6 aliphatic rings. The number of aliphatic hydroxyl groups excluding tert-OH is 9. The average molecular weight is 771 g/mol. The molecule has 6 fully saturated rings. The molecule has 2 aliphatic heterocycles. The smallest absolute Gasteiger partial charge is 0.187 e. The molecule has 13 nitrogen and oxygen atoms in total. The Morgan fingerprint density at radius 1 is 0.815 bits per heavy atom. The molecule has 0 aromatic heterocycles. The van der Waals surface area contributed by atoms with Crippen LogP contribution in [0.2, 0.25) is 0 Å². The summed E-state index contributed by atoms with van der Waals surface area (Å²) in [5, 5.41) is 99.6. The standard InChI is InChI=1S/C41H70O13/c1-19(2)10-9-11-22(43)21-12-15-40(7)28(21)23(44)16-26-39(6)14-13-27(45)38(4,5)35(39)24(17-41(26,40)8)52-37-34(32(49)30(47)25(18-42)53-37)54-36-33(50)31(48)29(46)20(3)51-36/h10,20-37,42-50H,9,11-18H2,1-8H3/t20-,21-,22+,23-,24+,25+,26-,27+,28+,29-,30+,31+,32-,33+,34+,35+,36-,37+,39-,40-,41-/m1/s1. The molecule has 0 amide bonds. The lowest BCUT2D eigenvalue weighted by Gasteiger charge is -2.72. The molecule has 13 heteroatoms. The third kappa shape index (κ3) is 6.86. The Kier molecular flexibility index (Phi) is 12.2. The number of hydrogen-bond acceptors (Lipinski definition) is 13. The predicted molar refractivity (Wildman–Crippen MR) is 196 cm³/mol. The van der Waals surface area contributed by atoms with E-state index in [0.29, 0.717) is 32.1 Å². The maximum atomic E-state index is 12.1. The van der Waals surface area contributed by atoms with Crippen LogP contribution in [0.25, 0.3) is 0 Å². The molecule has 312 valence electrons. The monoisotopic (exact) mass is 770 g/mol. The van der Waals surface area contributed by atoms with E-state index in [0.717, 1.165) is 19.3 Å². The first-order chi connectivity index (χ1) is 25.1. The highest BCUT2D eigenvalue weighted by Gasteiger charge is 2.73. The van der Waals surface area contributed by atoms with Crippen molar-refractivity contribution in [1.29, 1.82) is 0 Å². The van der Waals surface area contributed by atoms with Gasteiger partial charge in [0, 0.05) is 0 Å². The summed E-state index contributed by atoms with van der Waals surface area (Å²) in [6.45, 7) is 15.9. The molecule has 4 aliphatic carbocycles. The van der Waals surface area contributed by atoms with Crippen molar-refractivity contribution >= 4 is 0 Å². The highest BCUT2D eigenvalue weighted by atomic mass is 16.8. The maximum Gasteiger partial charge on any atom is 0.187 e. The summed E-state index contributed by atoms with van der Waals surface area (Å²) < 4.78 is 25.1. The first-order valence-electron chi connectivity index (χ1n) is 20.4. The Morgan fingerprint density at radius 3 is 2.15 bits per heavy atom. The zero-order valence-electron chi connectivity index (χ0n) is 33.5. The molecular formula is C41H70O13. The fourth-order valence-electron chi connectivity index (χ4n) is 13.0. The van der Waals surface area contributed by atoms with Crippen molar-refractivity contribution < 1.29 is 64.9 Å². The molecule has 9 N–H and O–H groups in total. The van der Waals surface area contributed by atoms with E-state index in [2.05, 4.69) is 40.7 Å². The van der Waals surface area contributed by atoms with Gasteiger partial charge in [0.05, 0.1) is 37.1 Å². The van der Waals surface area contributed by atoms with Gasteiger partial charge in [-0.1, -0.05) is 46.3 Å². The van der Waals surface area contributed by atoms with Crippen molar-refractivity contribution in [3.8, 4) is 0 Å². The van der Waals surface area contributed by atoms with Crippen LogP contribution in [-0.2, 0) is 18.9 Å². The quantitative estimate of drug-likeness (QED) is 0.121. The molecule has 4 saturated carbocycles. The maximum absolute atomic E-state index is 12.1. The second kappa shape index (κ2) is 15.4. The third-order valence-electron chi connectivity index (χ3n) is 16.0. The Morgan fingerprint density at radius 2 is 1.50 bits per heavy atom. The fourth-order valence-corrected chi connectivity index (χ4v) is 13.0. The molecule has 6 rings (SSSR count). The number of fused-ring (bicyclic) bond motifs is 5. The summed E-state index contributed by atoms with van der Waals surface area (Å²) in [6.07, 6.45) is -9.36. The minimum atomic E-state index is -1.69. The van der Waals surface area contributed by atoms with Gasteiger partial charge in [-0.2, -0.15) is 0 Å². The number of rotatable bonds is 9. The van der Waals surface area contributed by atoms with Gasteiger partial charge < -0.3 is 64.9 Å². The molecule has 54 heavy (non-hydrogen) atoms. The Hall–Kier alpha value is -0.780. The van der Waals surface area contributed by atoms with Crippen molar-refractivity contribution in [3.05, 3.63) is 11.6 Å². The SMILES string of the molecule is CC(C)=CCC[C@H](O)[C@H]1CC[C@]2(C)[C@@H]1[C@H](O)C[C@@H]1[C@@]3(C)CC[C@H](O)C(C)(C)[C@@H]3[C@@H](O[C@H]3O[C@@H](CO)[C@H](O)[C@@H](O)[C@@H]3O[C@H]3O[C@H](C)[C@@H](O)[C@H](O)[C@@H]3O)C[C@]12C. The molecule has 0 aromatic carbocycles. The van der Waals surface area contributed by atoms with Gasteiger partial charge in [0.1, 0.15) is 42.7 Å². The zero-order chi connectivity index (χ0) is 39.9. The average Bonchev–Trinajstić information content (AvgIpc) is 3.48. The topological polar surface area (TPSA) is 219 Å². The minimum Gasteiger partial charge on any atom is -0.394 e. The third-order valence-corrected chi connectivity index (χ3v) is 16.0. The van der Waals surface area contributed by atoms with E-state index in [-0.39, 0.29) is 29.1 Å². The Bertz CT molecular complexity index is 1340. The summed E-state index contributed by atoms with van der Waals surface area (Å²) in [5.74, 6) is -0.422. The summed E-state index contributed by atoms with van der Waals surface area (Å²) in [4.78, 5) is 0. The lowest BCUT2D eigenvalue weighted by Crippen LogP contribution is -2.71. The number of ether oxygens (including phenoxy) is 4. The van der Waals surface area contributed by atoms with Gasteiger partial charge in [-0.3, -0.25) is 0 Å². The van der Waals surface area contributed by atoms with E-state index in [9.17, 15) is 46.0 Å². The van der Waals surface area contributed by atoms with Gasteiger partial charge in [0.15, 0.2) is 12.6 Å². The summed E-state index contributed by atoms with van der Waals surface area (Å²) >= 11 is 0. The number of hydrogen-bond donors (Lipinski definition) is 9. The molecule has 0 aromatic rings. The highest BCUT2D eigenvalue weighted by molar-refractivity contribution is 5.21. The predicted octanol–water partition coefficient (Wildman–Crippen LogP) is 1.76. The normalized spacial score (nSPS) is 53.5. The van der Waals surface area contributed by atoms with Crippen molar-refractivity contribution in [2.24, 2.45) is 45.3 Å². The molecule has 21 atom stereocenters. The van der Waals surface area contributed by atoms with E-state index in [1.807, 2.05) is 13.8 Å². The van der Waals surface area contributed by atoms with Crippen LogP contribution in [0, 0.1) is 45.3 Å². The molecular weight excluding hydrogens is 700 g/mol. The number of allylic oxidation sites excluding steroid dienone is 2.